The maximum absolute atomic E-state index is 11.2. The lowest BCUT2D eigenvalue weighted by Crippen LogP contribution is -2.46. The Morgan fingerprint density at radius 1 is 1.39 bits per heavy atom. The summed E-state index contributed by atoms with van der Waals surface area (Å²) < 4.78 is 5.65. The molecule has 1 N–H and O–H groups in total. The highest BCUT2D eigenvalue weighted by molar-refractivity contribution is 5.93. The minimum absolute atomic E-state index is 0.0812. The molecule has 2 atom stereocenters. The van der Waals surface area contributed by atoms with Crippen molar-refractivity contribution in [1.82, 2.24) is 4.98 Å². The number of aromatic nitrogens is 1. The van der Waals surface area contributed by atoms with Crippen LogP contribution >= 0.6 is 0 Å². The van der Waals surface area contributed by atoms with E-state index in [1.807, 2.05) is 25.7 Å². The molecule has 98 valence electrons. The van der Waals surface area contributed by atoms with Gasteiger partial charge in [0.1, 0.15) is 11.4 Å². The SMILES string of the molecule is Cc1ccc(C(=O)O)c(N2C[C@@H](C)O[C@@H](C)C2)n1. The highest BCUT2D eigenvalue weighted by Crippen LogP contribution is 2.23. The van der Waals surface area contributed by atoms with Gasteiger partial charge in [-0.05, 0) is 32.9 Å². The fourth-order valence-electron chi connectivity index (χ4n) is 2.30. The van der Waals surface area contributed by atoms with E-state index in [2.05, 4.69) is 4.98 Å². The molecule has 0 aliphatic carbocycles. The number of nitrogens with zero attached hydrogens (tertiary/aromatic N) is 2. The summed E-state index contributed by atoms with van der Waals surface area (Å²) >= 11 is 0. The fraction of sp³-hybridized carbons (Fsp3) is 0.538. The minimum atomic E-state index is -0.940. The van der Waals surface area contributed by atoms with Gasteiger partial charge >= 0.3 is 5.97 Å². The molecule has 1 saturated heterocycles. The zero-order chi connectivity index (χ0) is 13.3. The number of carboxylic acids is 1. The van der Waals surface area contributed by atoms with Crippen LogP contribution in [0, 0.1) is 6.92 Å². The molecule has 1 aliphatic rings. The molecular formula is C13H18N2O3. The molecule has 2 rings (SSSR count). The Morgan fingerprint density at radius 2 is 2.00 bits per heavy atom. The third-order valence-electron chi connectivity index (χ3n) is 2.96. The molecule has 5 heteroatoms. The van der Waals surface area contributed by atoms with Crippen molar-refractivity contribution in [2.45, 2.75) is 33.0 Å². The molecule has 1 aromatic rings. The van der Waals surface area contributed by atoms with E-state index in [0.29, 0.717) is 18.9 Å². The quantitative estimate of drug-likeness (QED) is 0.865. The summed E-state index contributed by atoms with van der Waals surface area (Å²) in [4.78, 5) is 17.6. The smallest absolute Gasteiger partial charge is 0.339 e. The third-order valence-corrected chi connectivity index (χ3v) is 2.96. The van der Waals surface area contributed by atoms with Gasteiger partial charge in [0.05, 0.1) is 12.2 Å². The molecule has 0 aromatic carbocycles. The zero-order valence-electron chi connectivity index (χ0n) is 10.9. The highest BCUT2D eigenvalue weighted by atomic mass is 16.5. The number of hydrogen-bond donors (Lipinski definition) is 1. The van der Waals surface area contributed by atoms with Crippen LogP contribution < -0.4 is 4.90 Å². The van der Waals surface area contributed by atoms with E-state index < -0.39 is 5.97 Å². The van der Waals surface area contributed by atoms with Crippen molar-refractivity contribution in [1.29, 1.82) is 0 Å². The number of hydrogen-bond acceptors (Lipinski definition) is 4. The number of aromatic carboxylic acids is 1. The summed E-state index contributed by atoms with van der Waals surface area (Å²) in [6.45, 7) is 7.17. The molecule has 0 unspecified atom stereocenters. The van der Waals surface area contributed by atoms with Crippen molar-refractivity contribution in [3.63, 3.8) is 0 Å². The van der Waals surface area contributed by atoms with Crippen molar-refractivity contribution in [2.24, 2.45) is 0 Å². The van der Waals surface area contributed by atoms with Crippen LogP contribution in [0.5, 0.6) is 0 Å². The van der Waals surface area contributed by atoms with Crippen LogP contribution in [0.1, 0.15) is 29.9 Å². The Hall–Kier alpha value is -1.62. The number of carbonyl (C=O) groups is 1. The van der Waals surface area contributed by atoms with E-state index in [4.69, 9.17) is 4.74 Å². The van der Waals surface area contributed by atoms with Gasteiger partial charge in [0.25, 0.3) is 0 Å². The molecule has 1 aromatic heterocycles. The second kappa shape index (κ2) is 4.94. The number of anilines is 1. The van der Waals surface area contributed by atoms with Gasteiger partial charge in [-0.2, -0.15) is 0 Å². The van der Waals surface area contributed by atoms with Gasteiger partial charge in [-0.15, -0.1) is 0 Å². The second-order valence-corrected chi connectivity index (χ2v) is 4.79. The number of morpholine rings is 1. The van der Waals surface area contributed by atoms with Crippen LogP contribution in [-0.4, -0.2) is 41.4 Å². The first-order chi connectivity index (χ1) is 8.47. The summed E-state index contributed by atoms with van der Waals surface area (Å²) in [7, 11) is 0. The van der Waals surface area contributed by atoms with Gasteiger partial charge in [0.2, 0.25) is 0 Å². The Balaban J connectivity index is 2.36. The normalized spacial score (nSPS) is 24.1. The number of carboxylic acid groups (broad SMARTS) is 1. The van der Waals surface area contributed by atoms with Gasteiger partial charge < -0.3 is 14.7 Å². The van der Waals surface area contributed by atoms with Gasteiger partial charge in [0, 0.05) is 18.8 Å². The molecule has 1 aliphatic heterocycles. The molecule has 18 heavy (non-hydrogen) atoms. The lowest BCUT2D eigenvalue weighted by Gasteiger charge is -2.36. The second-order valence-electron chi connectivity index (χ2n) is 4.79. The summed E-state index contributed by atoms with van der Waals surface area (Å²) in [5, 5.41) is 9.22. The zero-order valence-corrected chi connectivity index (χ0v) is 10.9. The number of aryl methyl sites for hydroxylation is 1. The van der Waals surface area contributed by atoms with Crippen LogP contribution in [0.3, 0.4) is 0 Å². The molecule has 0 spiro atoms. The average Bonchev–Trinajstić information content (AvgIpc) is 2.27. The predicted octanol–water partition coefficient (Wildman–Crippen LogP) is 1.70. The predicted molar refractivity (Wildman–Crippen MR) is 68.2 cm³/mol. The molecule has 1 fully saturated rings. The van der Waals surface area contributed by atoms with Gasteiger partial charge in [-0.1, -0.05) is 0 Å². The van der Waals surface area contributed by atoms with E-state index in [1.54, 1.807) is 12.1 Å². The number of pyridine rings is 1. The van der Waals surface area contributed by atoms with Crippen molar-refractivity contribution in [3.05, 3.63) is 23.4 Å². The van der Waals surface area contributed by atoms with E-state index in [-0.39, 0.29) is 17.8 Å². The molecule has 0 amide bonds. The Morgan fingerprint density at radius 3 is 2.56 bits per heavy atom. The third kappa shape index (κ3) is 2.61. The largest absolute Gasteiger partial charge is 0.478 e. The Labute approximate surface area is 106 Å². The first kappa shape index (κ1) is 12.8. The first-order valence-corrected chi connectivity index (χ1v) is 6.08. The Kier molecular flexibility index (Phi) is 3.52. The van der Waals surface area contributed by atoms with E-state index in [1.165, 1.54) is 0 Å². The fourth-order valence-corrected chi connectivity index (χ4v) is 2.30. The minimum Gasteiger partial charge on any atom is -0.478 e. The summed E-state index contributed by atoms with van der Waals surface area (Å²) in [6.07, 6.45) is 0.162. The van der Waals surface area contributed by atoms with Crippen molar-refractivity contribution in [2.75, 3.05) is 18.0 Å². The van der Waals surface area contributed by atoms with Crippen LogP contribution in [0.2, 0.25) is 0 Å². The van der Waals surface area contributed by atoms with Crippen LogP contribution in [0.25, 0.3) is 0 Å². The van der Waals surface area contributed by atoms with Gasteiger partial charge in [0.15, 0.2) is 0 Å². The molecule has 0 radical (unpaired) electrons. The molecular weight excluding hydrogens is 232 g/mol. The van der Waals surface area contributed by atoms with E-state index >= 15 is 0 Å². The van der Waals surface area contributed by atoms with Crippen LogP contribution in [-0.2, 0) is 4.74 Å². The maximum atomic E-state index is 11.2. The molecule has 0 saturated carbocycles. The van der Waals surface area contributed by atoms with Gasteiger partial charge in [-0.25, -0.2) is 9.78 Å². The van der Waals surface area contributed by atoms with E-state index in [0.717, 1.165) is 5.69 Å². The highest BCUT2D eigenvalue weighted by Gasteiger charge is 2.26. The van der Waals surface area contributed by atoms with Gasteiger partial charge in [-0.3, -0.25) is 0 Å². The first-order valence-electron chi connectivity index (χ1n) is 6.08. The lowest BCUT2D eigenvalue weighted by atomic mass is 10.1. The lowest BCUT2D eigenvalue weighted by molar-refractivity contribution is -0.00557. The van der Waals surface area contributed by atoms with Crippen molar-refractivity contribution >= 4 is 11.8 Å². The van der Waals surface area contributed by atoms with E-state index in [9.17, 15) is 9.90 Å². The molecule has 0 bridgehead atoms. The number of rotatable bonds is 2. The maximum Gasteiger partial charge on any atom is 0.339 e. The standard InChI is InChI=1S/C13H18N2O3/c1-8-4-5-11(13(16)17)12(14-8)15-6-9(2)18-10(3)7-15/h4-5,9-10H,6-7H2,1-3H3,(H,16,17)/t9-,10+. The number of ether oxygens (including phenoxy) is 1. The molecule has 2 heterocycles. The van der Waals surface area contributed by atoms with Crippen LogP contribution in [0.4, 0.5) is 5.82 Å². The molecule has 5 nitrogen and oxygen atoms in total. The average molecular weight is 250 g/mol. The van der Waals surface area contributed by atoms with Crippen molar-refractivity contribution < 1.29 is 14.6 Å². The van der Waals surface area contributed by atoms with Crippen LogP contribution in [0.15, 0.2) is 12.1 Å². The van der Waals surface area contributed by atoms with Crippen molar-refractivity contribution in [3.8, 4) is 0 Å². The summed E-state index contributed by atoms with van der Waals surface area (Å²) in [6, 6.07) is 3.34. The topological polar surface area (TPSA) is 62.7 Å². The Bertz CT molecular complexity index is 452. The monoisotopic (exact) mass is 250 g/mol. The summed E-state index contributed by atoms with van der Waals surface area (Å²) in [5.41, 5.74) is 1.07. The summed E-state index contributed by atoms with van der Waals surface area (Å²) in [5.74, 6) is -0.395.